The van der Waals surface area contributed by atoms with Crippen LogP contribution in [0.5, 0.6) is 0 Å². The van der Waals surface area contributed by atoms with E-state index in [1.807, 2.05) is 24.6 Å². The fourth-order valence-electron chi connectivity index (χ4n) is 3.02. The van der Waals surface area contributed by atoms with Crippen molar-refractivity contribution in [1.82, 2.24) is 25.4 Å². The van der Waals surface area contributed by atoms with Crippen LogP contribution in [-0.2, 0) is 13.1 Å². The van der Waals surface area contributed by atoms with Crippen molar-refractivity contribution in [3.05, 3.63) is 46.8 Å². The van der Waals surface area contributed by atoms with Crippen molar-refractivity contribution in [2.45, 2.75) is 45.8 Å². The fraction of sp³-hybridized carbons (Fsp3) is 0.444. The summed E-state index contributed by atoms with van der Waals surface area (Å²) in [6.45, 7) is 5.56. The lowest BCUT2D eigenvalue weighted by Crippen LogP contribution is -2.41. The predicted octanol–water partition coefficient (Wildman–Crippen LogP) is 2.19. The highest BCUT2D eigenvalue weighted by Gasteiger charge is 2.24. The van der Waals surface area contributed by atoms with Crippen LogP contribution in [0.2, 0.25) is 0 Å². The molecule has 3 rings (SSSR count). The number of hydrogen-bond acceptors (Lipinski definition) is 4. The molecule has 0 saturated carbocycles. The van der Waals surface area contributed by atoms with Gasteiger partial charge in [-0.25, -0.2) is 19.0 Å². The maximum absolute atomic E-state index is 14.0. The number of rotatable bonds is 4. The third kappa shape index (κ3) is 3.99. The van der Waals surface area contributed by atoms with E-state index in [1.54, 1.807) is 0 Å². The van der Waals surface area contributed by atoms with Crippen molar-refractivity contribution in [1.29, 1.82) is 5.26 Å². The molecule has 1 aromatic heterocycles. The molecule has 0 spiro atoms. The first-order valence-electron chi connectivity index (χ1n) is 8.75. The lowest BCUT2D eigenvalue weighted by atomic mass is 10.1. The van der Waals surface area contributed by atoms with Gasteiger partial charge in [0.05, 0.1) is 24.2 Å². The average Bonchev–Trinajstić information content (AvgIpc) is 3.02. The highest BCUT2D eigenvalue weighted by molar-refractivity contribution is 5.80. The number of aryl methyl sites for hydroxylation is 2. The molecule has 136 valence electrons. The molecule has 1 atom stereocenters. The van der Waals surface area contributed by atoms with Gasteiger partial charge in [-0.15, -0.1) is 0 Å². The molecular formula is C18H22FN7. The SMILES string of the molecule is CCNC(=NCc1cc(C#N)ccc1F)NC1CCCn2nc(C)nc21. The highest BCUT2D eigenvalue weighted by atomic mass is 19.1. The van der Waals surface area contributed by atoms with Crippen LogP contribution in [0.4, 0.5) is 4.39 Å². The van der Waals surface area contributed by atoms with Crippen molar-refractivity contribution in [2.75, 3.05) is 6.54 Å². The minimum atomic E-state index is -0.364. The van der Waals surface area contributed by atoms with Gasteiger partial charge in [0, 0.05) is 18.7 Å². The van der Waals surface area contributed by atoms with Gasteiger partial charge in [-0.05, 0) is 44.9 Å². The summed E-state index contributed by atoms with van der Waals surface area (Å²) in [5, 5.41) is 19.9. The zero-order valence-electron chi connectivity index (χ0n) is 15.0. The summed E-state index contributed by atoms with van der Waals surface area (Å²) in [5.41, 5.74) is 0.814. The van der Waals surface area contributed by atoms with E-state index in [-0.39, 0.29) is 18.4 Å². The Morgan fingerprint density at radius 1 is 1.50 bits per heavy atom. The molecule has 0 fully saturated rings. The van der Waals surface area contributed by atoms with Gasteiger partial charge in [0.1, 0.15) is 17.5 Å². The minimum Gasteiger partial charge on any atom is -0.357 e. The van der Waals surface area contributed by atoms with E-state index in [1.165, 1.54) is 18.2 Å². The van der Waals surface area contributed by atoms with E-state index >= 15 is 0 Å². The molecule has 2 aromatic rings. The average molecular weight is 355 g/mol. The third-order valence-corrected chi connectivity index (χ3v) is 4.22. The Balaban J connectivity index is 1.78. The fourth-order valence-corrected chi connectivity index (χ4v) is 3.02. The van der Waals surface area contributed by atoms with Crippen LogP contribution in [0, 0.1) is 24.1 Å². The van der Waals surface area contributed by atoms with E-state index in [9.17, 15) is 4.39 Å². The summed E-state index contributed by atoms with van der Waals surface area (Å²) >= 11 is 0. The van der Waals surface area contributed by atoms with Gasteiger partial charge in [0.2, 0.25) is 0 Å². The molecule has 1 aliphatic rings. The maximum Gasteiger partial charge on any atom is 0.192 e. The van der Waals surface area contributed by atoms with Crippen LogP contribution in [0.3, 0.4) is 0 Å². The van der Waals surface area contributed by atoms with Gasteiger partial charge in [-0.3, -0.25) is 0 Å². The van der Waals surface area contributed by atoms with E-state index in [0.29, 0.717) is 23.6 Å². The zero-order chi connectivity index (χ0) is 18.5. The number of fused-ring (bicyclic) bond motifs is 1. The topological polar surface area (TPSA) is 90.9 Å². The Kier molecular flexibility index (Phi) is 5.46. The molecule has 1 unspecified atom stereocenters. The monoisotopic (exact) mass is 355 g/mol. The number of halogens is 1. The standard InChI is InChI=1S/C18H22FN7/c1-3-21-18(22-11-14-9-13(10-20)6-7-15(14)19)24-16-5-4-8-26-17(16)23-12(2)25-26/h6-7,9,16H,3-5,8,11H2,1-2H3,(H2,21,22,24). The van der Waals surface area contributed by atoms with Crippen molar-refractivity contribution < 1.29 is 4.39 Å². The normalized spacial score (nSPS) is 16.7. The molecule has 8 heteroatoms. The van der Waals surface area contributed by atoms with Crippen LogP contribution >= 0.6 is 0 Å². The van der Waals surface area contributed by atoms with Gasteiger partial charge in [-0.2, -0.15) is 10.4 Å². The lowest BCUT2D eigenvalue weighted by Gasteiger charge is -2.25. The van der Waals surface area contributed by atoms with Crippen LogP contribution in [0.1, 0.15) is 48.6 Å². The summed E-state index contributed by atoms with van der Waals surface area (Å²) in [4.78, 5) is 8.99. The number of aliphatic imine (C=N–C) groups is 1. The van der Waals surface area contributed by atoms with Crippen molar-refractivity contribution >= 4 is 5.96 Å². The third-order valence-electron chi connectivity index (χ3n) is 4.22. The first-order valence-corrected chi connectivity index (χ1v) is 8.75. The van der Waals surface area contributed by atoms with E-state index in [0.717, 1.165) is 31.0 Å². The first kappa shape index (κ1) is 17.9. The second-order valence-corrected chi connectivity index (χ2v) is 6.19. The summed E-state index contributed by atoms with van der Waals surface area (Å²) in [7, 11) is 0. The molecule has 0 aliphatic carbocycles. The number of nitrogens with one attached hydrogen (secondary N) is 2. The Morgan fingerprint density at radius 2 is 2.35 bits per heavy atom. The van der Waals surface area contributed by atoms with Crippen LogP contribution in [0.25, 0.3) is 0 Å². The van der Waals surface area contributed by atoms with Gasteiger partial charge in [-0.1, -0.05) is 0 Å². The Hall–Kier alpha value is -2.95. The molecule has 2 N–H and O–H groups in total. The zero-order valence-corrected chi connectivity index (χ0v) is 15.0. The maximum atomic E-state index is 14.0. The van der Waals surface area contributed by atoms with Crippen molar-refractivity contribution in [3.8, 4) is 6.07 Å². The molecule has 26 heavy (non-hydrogen) atoms. The molecule has 7 nitrogen and oxygen atoms in total. The number of guanidine groups is 1. The molecule has 2 heterocycles. The molecule has 0 bridgehead atoms. The van der Waals surface area contributed by atoms with Crippen molar-refractivity contribution in [2.24, 2.45) is 4.99 Å². The van der Waals surface area contributed by atoms with Gasteiger partial charge >= 0.3 is 0 Å². The van der Waals surface area contributed by atoms with Gasteiger partial charge < -0.3 is 10.6 Å². The van der Waals surface area contributed by atoms with E-state index < -0.39 is 0 Å². The molecule has 0 saturated heterocycles. The summed E-state index contributed by atoms with van der Waals surface area (Å²) < 4.78 is 15.9. The second-order valence-electron chi connectivity index (χ2n) is 6.19. The first-order chi connectivity index (χ1) is 12.6. The quantitative estimate of drug-likeness (QED) is 0.648. The van der Waals surface area contributed by atoms with Crippen LogP contribution < -0.4 is 10.6 Å². The van der Waals surface area contributed by atoms with Crippen molar-refractivity contribution in [3.63, 3.8) is 0 Å². The number of hydrogen-bond donors (Lipinski definition) is 2. The van der Waals surface area contributed by atoms with Gasteiger partial charge in [0.15, 0.2) is 5.96 Å². The summed E-state index contributed by atoms with van der Waals surface area (Å²) in [5.74, 6) is 1.88. The number of benzene rings is 1. The summed E-state index contributed by atoms with van der Waals surface area (Å²) in [6, 6.07) is 6.33. The number of aromatic nitrogens is 3. The Morgan fingerprint density at radius 3 is 3.12 bits per heavy atom. The molecule has 1 aliphatic heterocycles. The smallest absolute Gasteiger partial charge is 0.192 e. The van der Waals surface area contributed by atoms with Crippen LogP contribution in [-0.4, -0.2) is 27.3 Å². The Labute approximate surface area is 152 Å². The predicted molar refractivity (Wildman–Crippen MR) is 95.8 cm³/mol. The van der Waals surface area contributed by atoms with E-state index in [4.69, 9.17) is 5.26 Å². The minimum absolute atomic E-state index is 0.0121. The summed E-state index contributed by atoms with van der Waals surface area (Å²) in [6.07, 6.45) is 1.94. The lowest BCUT2D eigenvalue weighted by molar-refractivity contribution is 0.397. The largest absolute Gasteiger partial charge is 0.357 e. The van der Waals surface area contributed by atoms with Crippen LogP contribution in [0.15, 0.2) is 23.2 Å². The molecule has 0 amide bonds. The van der Waals surface area contributed by atoms with E-state index in [2.05, 4.69) is 25.7 Å². The molecular weight excluding hydrogens is 333 g/mol. The highest BCUT2D eigenvalue weighted by Crippen LogP contribution is 2.22. The van der Waals surface area contributed by atoms with Gasteiger partial charge in [0.25, 0.3) is 0 Å². The number of nitriles is 1. The Bertz CT molecular complexity index is 850. The second kappa shape index (κ2) is 7.95. The number of nitrogens with zero attached hydrogens (tertiary/aromatic N) is 5. The molecule has 0 radical (unpaired) electrons. The molecule has 1 aromatic carbocycles.